The Morgan fingerprint density at radius 2 is 2.16 bits per heavy atom. The summed E-state index contributed by atoms with van der Waals surface area (Å²) in [5, 5.41) is 11.8. The van der Waals surface area contributed by atoms with E-state index in [4.69, 9.17) is 5.26 Å². The lowest BCUT2D eigenvalue weighted by atomic mass is 10.2. The Morgan fingerprint density at radius 3 is 2.84 bits per heavy atom. The van der Waals surface area contributed by atoms with E-state index in [1.54, 1.807) is 12.1 Å². The molecule has 0 aliphatic heterocycles. The number of nitriles is 1. The number of sulfone groups is 1. The van der Waals surface area contributed by atoms with Gasteiger partial charge >= 0.3 is 0 Å². The molecule has 0 spiro atoms. The van der Waals surface area contributed by atoms with Crippen LogP contribution in [0.1, 0.15) is 18.9 Å². The van der Waals surface area contributed by atoms with Gasteiger partial charge in [-0.2, -0.15) is 5.26 Å². The summed E-state index contributed by atoms with van der Waals surface area (Å²) >= 11 is 0. The SMILES string of the molecule is C/C=C/CCNCCS(=O)(=O)c1cccc(C#N)c1. The van der Waals surface area contributed by atoms with Gasteiger partial charge in [-0.1, -0.05) is 18.2 Å². The van der Waals surface area contributed by atoms with Crippen LogP contribution < -0.4 is 5.32 Å². The van der Waals surface area contributed by atoms with E-state index in [0.29, 0.717) is 12.1 Å². The monoisotopic (exact) mass is 278 g/mol. The Bertz CT molecular complexity index is 571. The van der Waals surface area contributed by atoms with E-state index >= 15 is 0 Å². The predicted octanol–water partition coefficient (Wildman–Crippen LogP) is 1.89. The molecular weight excluding hydrogens is 260 g/mol. The summed E-state index contributed by atoms with van der Waals surface area (Å²) in [7, 11) is -3.32. The molecule has 1 N–H and O–H groups in total. The van der Waals surface area contributed by atoms with Gasteiger partial charge in [-0.15, -0.1) is 0 Å². The smallest absolute Gasteiger partial charge is 0.179 e. The Morgan fingerprint density at radius 1 is 1.37 bits per heavy atom. The van der Waals surface area contributed by atoms with Gasteiger partial charge in [-0.3, -0.25) is 0 Å². The zero-order valence-corrected chi connectivity index (χ0v) is 11.8. The maximum atomic E-state index is 12.0. The number of benzene rings is 1. The number of nitrogens with zero attached hydrogens (tertiary/aromatic N) is 1. The van der Waals surface area contributed by atoms with Gasteiger partial charge in [-0.05, 0) is 38.1 Å². The highest BCUT2D eigenvalue weighted by Gasteiger charge is 2.14. The Labute approximate surface area is 114 Å². The van der Waals surface area contributed by atoms with Gasteiger partial charge in [0, 0.05) is 6.54 Å². The number of hydrogen-bond donors (Lipinski definition) is 1. The van der Waals surface area contributed by atoms with Crippen LogP contribution in [0.5, 0.6) is 0 Å². The van der Waals surface area contributed by atoms with Crippen molar-refractivity contribution in [1.82, 2.24) is 5.32 Å². The van der Waals surface area contributed by atoms with Crippen molar-refractivity contribution in [2.24, 2.45) is 0 Å². The second-order valence-electron chi connectivity index (χ2n) is 4.07. The van der Waals surface area contributed by atoms with E-state index in [-0.39, 0.29) is 10.6 Å². The van der Waals surface area contributed by atoms with Gasteiger partial charge in [0.05, 0.1) is 22.3 Å². The summed E-state index contributed by atoms with van der Waals surface area (Å²) in [4.78, 5) is 0.210. The molecule has 0 amide bonds. The van der Waals surface area contributed by atoms with Crippen molar-refractivity contribution in [2.75, 3.05) is 18.8 Å². The number of rotatable bonds is 7. The minimum absolute atomic E-state index is 0.0394. The highest BCUT2D eigenvalue weighted by Crippen LogP contribution is 2.12. The van der Waals surface area contributed by atoms with Crippen LogP contribution in [-0.2, 0) is 9.84 Å². The number of hydrogen-bond acceptors (Lipinski definition) is 4. The van der Waals surface area contributed by atoms with Gasteiger partial charge in [0.2, 0.25) is 0 Å². The summed E-state index contributed by atoms with van der Waals surface area (Å²) in [5.74, 6) is 0.0394. The summed E-state index contributed by atoms with van der Waals surface area (Å²) in [6.45, 7) is 3.13. The molecule has 1 aromatic carbocycles. The van der Waals surface area contributed by atoms with Crippen molar-refractivity contribution in [3.8, 4) is 6.07 Å². The molecule has 0 saturated carbocycles. The molecule has 0 aliphatic carbocycles. The first-order valence-corrected chi connectivity index (χ1v) is 7.80. The first-order chi connectivity index (χ1) is 9.10. The largest absolute Gasteiger partial charge is 0.315 e. The zero-order chi connectivity index (χ0) is 14.1. The number of nitrogens with one attached hydrogen (secondary N) is 1. The third-order valence-electron chi connectivity index (χ3n) is 2.59. The van der Waals surface area contributed by atoms with E-state index < -0.39 is 9.84 Å². The molecule has 0 aromatic heterocycles. The molecule has 1 aromatic rings. The van der Waals surface area contributed by atoms with Crippen molar-refractivity contribution in [3.05, 3.63) is 42.0 Å². The fourth-order valence-corrected chi connectivity index (χ4v) is 2.80. The molecular formula is C14H18N2O2S. The van der Waals surface area contributed by atoms with Crippen molar-refractivity contribution < 1.29 is 8.42 Å². The molecule has 0 aliphatic rings. The second kappa shape index (κ2) is 7.72. The molecule has 4 nitrogen and oxygen atoms in total. The molecule has 0 unspecified atom stereocenters. The average molecular weight is 278 g/mol. The highest BCUT2D eigenvalue weighted by atomic mass is 32.2. The normalized spacial score (nSPS) is 11.6. The first kappa shape index (κ1) is 15.4. The van der Waals surface area contributed by atoms with Gasteiger partial charge in [0.15, 0.2) is 9.84 Å². The fourth-order valence-electron chi connectivity index (χ4n) is 1.56. The fraction of sp³-hybridized carbons (Fsp3) is 0.357. The average Bonchev–Trinajstić information content (AvgIpc) is 2.43. The van der Waals surface area contributed by atoms with Gasteiger partial charge in [-0.25, -0.2) is 8.42 Å². The first-order valence-electron chi connectivity index (χ1n) is 6.15. The van der Waals surface area contributed by atoms with Crippen LogP contribution in [0.4, 0.5) is 0 Å². The minimum Gasteiger partial charge on any atom is -0.315 e. The zero-order valence-electron chi connectivity index (χ0n) is 11.0. The molecule has 0 fully saturated rings. The van der Waals surface area contributed by atoms with Crippen LogP contribution in [0.2, 0.25) is 0 Å². The van der Waals surface area contributed by atoms with E-state index in [9.17, 15) is 8.42 Å². The topological polar surface area (TPSA) is 70.0 Å². The maximum absolute atomic E-state index is 12.0. The molecule has 0 heterocycles. The van der Waals surface area contributed by atoms with Crippen LogP contribution in [0.25, 0.3) is 0 Å². The summed E-state index contributed by atoms with van der Waals surface area (Å²) in [6.07, 6.45) is 4.88. The van der Waals surface area contributed by atoms with Crippen molar-refractivity contribution in [1.29, 1.82) is 5.26 Å². The highest BCUT2D eigenvalue weighted by molar-refractivity contribution is 7.91. The lowest BCUT2D eigenvalue weighted by molar-refractivity contribution is 0.591. The summed E-state index contributed by atoms with van der Waals surface area (Å²) < 4.78 is 24.1. The van der Waals surface area contributed by atoms with Crippen LogP contribution >= 0.6 is 0 Å². The lowest BCUT2D eigenvalue weighted by Gasteiger charge is -2.05. The van der Waals surface area contributed by atoms with Gasteiger partial charge in [0.1, 0.15) is 0 Å². The van der Waals surface area contributed by atoms with E-state index in [2.05, 4.69) is 5.32 Å². The molecule has 102 valence electrons. The van der Waals surface area contributed by atoms with Crippen molar-refractivity contribution >= 4 is 9.84 Å². The van der Waals surface area contributed by atoms with Gasteiger partial charge in [0.25, 0.3) is 0 Å². The standard InChI is InChI=1S/C14H18N2O2S/c1-2-3-4-8-16-9-10-19(17,18)14-7-5-6-13(11-14)12-15/h2-3,5-7,11,16H,4,8-10H2,1H3/b3-2+. The molecule has 0 bridgehead atoms. The van der Waals surface area contributed by atoms with Crippen LogP contribution in [0.15, 0.2) is 41.3 Å². The van der Waals surface area contributed by atoms with Crippen LogP contribution in [0.3, 0.4) is 0 Å². The maximum Gasteiger partial charge on any atom is 0.179 e. The quantitative estimate of drug-likeness (QED) is 0.611. The summed E-state index contributed by atoms with van der Waals surface area (Å²) in [5.41, 5.74) is 0.363. The minimum atomic E-state index is -3.32. The van der Waals surface area contributed by atoms with Crippen LogP contribution in [-0.4, -0.2) is 27.3 Å². The Hall–Kier alpha value is -1.64. The molecule has 19 heavy (non-hydrogen) atoms. The third-order valence-corrected chi connectivity index (χ3v) is 4.31. The summed E-state index contributed by atoms with van der Waals surface area (Å²) in [6, 6.07) is 8.06. The second-order valence-corrected chi connectivity index (χ2v) is 6.18. The molecule has 0 saturated heterocycles. The molecule has 0 atom stereocenters. The van der Waals surface area contributed by atoms with Gasteiger partial charge < -0.3 is 5.32 Å². The Balaban J connectivity index is 2.54. The molecule has 5 heteroatoms. The number of allylic oxidation sites excluding steroid dienone is 1. The molecule has 1 rings (SSSR count). The van der Waals surface area contributed by atoms with Crippen LogP contribution in [0, 0.1) is 11.3 Å². The van der Waals surface area contributed by atoms with E-state index in [1.165, 1.54) is 12.1 Å². The van der Waals surface area contributed by atoms with E-state index in [1.807, 2.05) is 25.1 Å². The van der Waals surface area contributed by atoms with Crippen molar-refractivity contribution in [2.45, 2.75) is 18.2 Å². The van der Waals surface area contributed by atoms with E-state index in [0.717, 1.165) is 13.0 Å². The third kappa shape index (κ3) is 5.25. The predicted molar refractivity (Wildman–Crippen MR) is 75.5 cm³/mol. The Kier molecular flexibility index (Phi) is 6.26. The molecule has 0 radical (unpaired) electrons. The van der Waals surface area contributed by atoms with Crippen molar-refractivity contribution in [3.63, 3.8) is 0 Å². The lowest BCUT2D eigenvalue weighted by Crippen LogP contribution is -2.23.